The number of carbonyl (C=O) groups is 3. The smallest absolute Gasteiger partial charge is 0.329 e. The second-order valence-corrected chi connectivity index (χ2v) is 11.5. The lowest BCUT2D eigenvalue weighted by atomic mass is 9.75. The lowest BCUT2D eigenvalue weighted by Crippen LogP contribution is -2.57. The molecule has 0 unspecified atom stereocenters. The number of hydrogen-bond donors (Lipinski definition) is 4. The Morgan fingerprint density at radius 1 is 0.974 bits per heavy atom. The van der Waals surface area contributed by atoms with Gasteiger partial charge in [0.1, 0.15) is 10.5 Å². The molecule has 3 amide bonds. The fraction of sp³-hybridized carbons (Fsp3) is 0.321. The quantitative estimate of drug-likeness (QED) is 0.224. The van der Waals surface area contributed by atoms with Gasteiger partial charge in [0.25, 0.3) is 5.91 Å². The molecular weight excluding hydrogens is 545 g/mol. The van der Waals surface area contributed by atoms with Gasteiger partial charge in [-0.05, 0) is 49.4 Å². The first kappa shape index (κ1) is 28.0. The van der Waals surface area contributed by atoms with Gasteiger partial charge in [0.05, 0.1) is 21.3 Å². The largest absolute Gasteiger partial charge is 0.480 e. The maximum atomic E-state index is 13.6. The summed E-state index contributed by atoms with van der Waals surface area (Å²) in [5.41, 5.74) is 0.0572. The summed E-state index contributed by atoms with van der Waals surface area (Å²) in [4.78, 5) is 39.7. The number of benzene rings is 2. The van der Waals surface area contributed by atoms with Crippen molar-refractivity contribution in [1.29, 1.82) is 0 Å². The van der Waals surface area contributed by atoms with Crippen molar-refractivity contribution < 1.29 is 19.5 Å². The molecule has 1 saturated carbocycles. The molecule has 1 aromatic heterocycles. The predicted molar refractivity (Wildman–Crippen MR) is 153 cm³/mol. The monoisotopic (exact) mass is 573 g/mol. The first-order valence-electron chi connectivity index (χ1n) is 12.4. The fourth-order valence-corrected chi connectivity index (χ4v) is 6.34. The third-order valence-corrected chi connectivity index (χ3v) is 8.60. The number of para-hydroxylation sites is 1. The zero-order valence-electron chi connectivity index (χ0n) is 20.9. The van der Waals surface area contributed by atoms with Crippen molar-refractivity contribution in [2.45, 2.75) is 51.0 Å². The SMILES string of the molecule is C[C@@](NC(=O)c1cc(Cc2ccccc2)sc1NC(=O)Nc1c(Cl)cccc1Cl)(C(=O)O)C1CCCCC1. The molecule has 0 radical (unpaired) electrons. The highest BCUT2D eigenvalue weighted by atomic mass is 35.5. The van der Waals surface area contributed by atoms with E-state index in [1.54, 1.807) is 31.2 Å². The Kier molecular flexibility index (Phi) is 8.97. The zero-order chi connectivity index (χ0) is 27.3. The molecule has 4 rings (SSSR count). The first-order valence-corrected chi connectivity index (χ1v) is 14.0. The molecule has 1 heterocycles. The van der Waals surface area contributed by atoms with Gasteiger partial charge >= 0.3 is 12.0 Å². The fourth-order valence-electron chi connectivity index (χ4n) is 4.77. The van der Waals surface area contributed by atoms with E-state index in [-0.39, 0.29) is 27.2 Å². The van der Waals surface area contributed by atoms with Crippen LogP contribution in [0.4, 0.5) is 15.5 Å². The Bertz CT molecular complexity index is 1300. The number of amides is 3. The maximum Gasteiger partial charge on any atom is 0.329 e. The van der Waals surface area contributed by atoms with Crippen molar-refractivity contribution in [1.82, 2.24) is 5.32 Å². The van der Waals surface area contributed by atoms with Crippen LogP contribution in [-0.4, -0.2) is 28.6 Å². The summed E-state index contributed by atoms with van der Waals surface area (Å²) < 4.78 is 0. The number of thiophene rings is 1. The second kappa shape index (κ2) is 12.2. The third kappa shape index (κ3) is 6.49. The van der Waals surface area contributed by atoms with E-state index in [1.165, 1.54) is 11.3 Å². The lowest BCUT2D eigenvalue weighted by molar-refractivity contribution is -0.146. The Balaban J connectivity index is 1.61. The molecule has 1 aliphatic carbocycles. The van der Waals surface area contributed by atoms with E-state index in [0.717, 1.165) is 42.5 Å². The minimum absolute atomic E-state index is 0.179. The van der Waals surface area contributed by atoms with Crippen LogP contribution in [0.2, 0.25) is 10.0 Å². The van der Waals surface area contributed by atoms with Crippen molar-refractivity contribution in [2.75, 3.05) is 10.6 Å². The molecule has 0 spiro atoms. The zero-order valence-corrected chi connectivity index (χ0v) is 23.2. The summed E-state index contributed by atoms with van der Waals surface area (Å²) in [6, 6.07) is 15.7. The standard InChI is InChI=1S/C28H29Cl2N3O4S/c1-28(26(35)36,18-11-6-3-7-12-18)33-24(34)20-16-19(15-17-9-4-2-5-10-17)38-25(20)32-27(37)31-23-21(29)13-8-14-22(23)30/h2,4-5,8-10,13-14,16,18H,3,6-7,11-12,15H2,1H3,(H,33,34)(H,35,36)(H2,31,32,37)/t28-/m0/s1. The molecule has 0 bridgehead atoms. The number of aliphatic carboxylic acids is 1. The molecule has 0 aliphatic heterocycles. The van der Waals surface area contributed by atoms with Crippen LogP contribution in [0.3, 0.4) is 0 Å². The van der Waals surface area contributed by atoms with E-state index in [4.69, 9.17) is 23.2 Å². The van der Waals surface area contributed by atoms with Crippen LogP contribution in [-0.2, 0) is 11.2 Å². The number of carboxylic acid groups (broad SMARTS) is 1. The molecule has 10 heteroatoms. The molecule has 1 aliphatic rings. The van der Waals surface area contributed by atoms with Gasteiger partial charge in [0.2, 0.25) is 0 Å². The van der Waals surface area contributed by atoms with E-state index < -0.39 is 23.4 Å². The van der Waals surface area contributed by atoms with Gasteiger partial charge in [-0.3, -0.25) is 10.1 Å². The minimum atomic E-state index is -1.43. The number of urea groups is 1. The van der Waals surface area contributed by atoms with Gasteiger partial charge < -0.3 is 15.7 Å². The van der Waals surface area contributed by atoms with Crippen LogP contribution in [0.25, 0.3) is 0 Å². The molecule has 4 N–H and O–H groups in total. The van der Waals surface area contributed by atoms with E-state index in [9.17, 15) is 19.5 Å². The Morgan fingerprint density at radius 3 is 2.26 bits per heavy atom. The Morgan fingerprint density at radius 2 is 1.63 bits per heavy atom. The van der Waals surface area contributed by atoms with E-state index in [0.29, 0.717) is 11.4 Å². The van der Waals surface area contributed by atoms with Gasteiger partial charge in [-0.1, -0.05) is 78.9 Å². The topological polar surface area (TPSA) is 108 Å². The van der Waals surface area contributed by atoms with Crippen LogP contribution < -0.4 is 16.0 Å². The minimum Gasteiger partial charge on any atom is -0.480 e. The first-order chi connectivity index (χ1) is 18.2. The summed E-state index contributed by atoms with van der Waals surface area (Å²) in [5.74, 6) is -1.80. The van der Waals surface area contributed by atoms with Crippen LogP contribution in [0.1, 0.15) is 59.8 Å². The molecule has 0 saturated heterocycles. The van der Waals surface area contributed by atoms with E-state index >= 15 is 0 Å². The summed E-state index contributed by atoms with van der Waals surface area (Å²) in [6.45, 7) is 1.57. The predicted octanol–water partition coefficient (Wildman–Crippen LogP) is 7.44. The number of hydrogen-bond acceptors (Lipinski definition) is 4. The second-order valence-electron chi connectivity index (χ2n) is 9.59. The molecule has 38 heavy (non-hydrogen) atoms. The summed E-state index contributed by atoms with van der Waals surface area (Å²) in [5, 5.41) is 19.1. The Labute approximate surface area is 235 Å². The van der Waals surface area contributed by atoms with Crippen molar-refractivity contribution in [3.05, 3.63) is 80.6 Å². The number of halogens is 2. The van der Waals surface area contributed by atoms with Gasteiger partial charge in [-0.2, -0.15) is 0 Å². The van der Waals surface area contributed by atoms with Gasteiger partial charge in [0, 0.05) is 11.3 Å². The van der Waals surface area contributed by atoms with Crippen LogP contribution in [0.15, 0.2) is 54.6 Å². The summed E-state index contributed by atoms with van der Waals surface area (Å²) in [6.07, 6.45) is 4.94. The van der Waals surface area contributed by atoms with Crippen LogP contribution in [0.5, 0.6) is 0 Å². The third-order valence-electron chi connectivity index (χ3n) is 6.92. The highest BCUT2D eigenvalue weighted by Gasteiger charge is 2.43. The molecule has 7 nitrogen and oxygen atoms in total. The summed E-state index contributed by atoms with van der Waals surface area (Å²) in [7, 11) is 0. The molecule has 3 aromatic rings. The normalized spacial score (nSPS) is 15.3. The van der Waals surface area contributed by atoms with Gasteiger partial charge in [-0.15, -0.1) is 11.3 Å². The number of rotatable bonds is 8. The van der Waals surface area contributed by atoms with Crippen molar-refractivity contribution in [3.8, 4) is 0 Å². The average molecular weight is 575 g/mol. The molecule has 1 fully saturated rings. The van der Waals surface area contributed by atoms with Gasteiger partial charge in [-0.25, -0.2) is 9.59 Å². The van der Waals surface area contributed by atoms with Crippen molar-refractivity contribution in [2.24, 2.45) is 5.92 Å². The number of carboxylic acids is 1. The summed E-state index contributed by atoms with van der Waals surface area (Å²) >= 11 is 13.6. The van der Waals surface area contributed by atoms with Crippen LogP contribution >= 0.6 is 34.5 Å². The van der Waals surface area contributed by atoms with Crippen molar-refractivity contribution in [3.63, 3.8) is 0 Å². The number of anilines is 2. The number of nitrogens with one attached hydrogen (secondary N) is 3. The Hall–Kier alpha value is -3.07. The van der Waals surface area contributed by atoms with Crippen molar-refractivity contribution >= 4 is 63.1 Å². The lowest BCUT2D eigenvalue weighted by Gasteiger charge is -2.37. The molecular formula is C28H29Cl2N3O4S. The number of carbonyl (C=O) groups excluding carboxylic acids is 2. The average Bonchev–Trinajstić information content (AvgIpc) is 3.29. The molecule has 200 valence electrons. The maximum absolute atomic E-state index is 13.6. The molecule has 2 aromatic carbocycles. The van der Waals surface area contributed by atoms with Crippen LogP contribution in [0, 0.1) is 5.92 Å². The molecule has 1 atom stereocenters. The highest BCUT2D eigenvalue weighted by molar-refractivity contribution is 7.16. The van der Waals surface area contributed by atoms with Gasteiger partial charge in [0.15, 0.2) is 0 Å². The van der Waals surface area contributed by atoms with E-state index in [2.05, 4.69) is 16.0 Å². The van der Waals surface area contributed by atoms with E-state index in [1.807, 2.05) is 30.3 Å². The highest BCUT2D eigenvalue weighted by Crippen LogP contribution is 2.36.